The van der Waals surface area contributed by atoms with Crippen LogP contribution in [0.3, 0.4) is 0 Å². The third-order valence-electron chi connectivity index (χ3n) is 3.85. The molecule has 0 aromatic heterocycles. The van der Waals surface area contributed by atoms with Crippen LogP contribution < -0.4 is 10.6 Å². The molecule has 2 aromatic carbocycles. The van der Waals surface area contributed by atoms with Gasteiger partial charge in [0.05, 0.1) is 6.54 Å². The van der Waals surface area contributed by atoms with Crippen molar-refractivity contribution in [2.24, 2.45) is 4.99 Å². The zero-order chi connectivity index (χ0) is 19.6. The summed E-state index contributed by atoms with van der Waals surface area (Å²) in [5, 5.41) is 15.4. The number of phenols is 1. The minimum atomic E-state index is -0.184. The molecule has 0 bridgehead atoms. The highest BCUT2D eigenvalue weighted by atomic mass is 127. The lowest BCUT2D eigenvalue weighted by Gasteiger charge is -2.22. The summed E-state index contributed by atoms with van der Waals surface area (Å²) in [6.45, 7) is 4.39. The van der Waals surface area contributed by atoms with Gasteiger partial charge in [-0.2, -0.15) is 0 Å². The minimum Gasteiger partial charge on any atom is -0.508 e. The van der Waals surface area contributed by atoms with Crippen LogP contribution in [0, 0.1) is 0 Å². The van der Waals surface area contributed by atoms with Crippen molar-refractivity contribution in [1.29, 1.82) is 0 Å². The average molecular weight is 561 g/mol. The number of carbonyl (C=O) groups excluding carboxylic acids is 1. The van der Waals surface area contributed by atoms with E-state index < -0.39 is 0 Å². The van der Waals surface area contributed by atoms with E-state index in [2.05, 4.69) is 37.6 Å². The Morgan fingerprint density at radius 1 is 1.14 bits per heavy atom. The maximum atomic E-state index is 12.1. The number of nitrogens with one attached hydrogen (secondary N) is 2. The Hall–Kier alpha value is -1.81. The number of aliphatic imine (C=N–C) groups is 1. The lowest BCUT2D eigenvalue weighted by molar-refractivity contribution is 0.0955. The molecular formula is C20H26BrIN4O2. The Labute approximate surface area is 191 Å². The van der Waals surface area contributed by atoms with Crippen molar-refractivity contribution in [2.75, 3.05) is 26.7 Å². The molecule has 0 spiro atoms. The quantitative estimate of drug-likeness (QED) is 0.209. The van der Waals surface area contributed by atoms with Gasteiger partial charge < -0.3 is 20.6 Å². The molecule has 0 atom stereocenters. The summed E-state index contributed by atoms with van der Waals surface area (Å²) in [6, 6.07) is 14.3. The molecule has 0 heterocycles. The Bertz CT molecular complexity index is 784. The molecule has 3 N–H and O–H groups in total. The SMILES string of the molecule is CCNC(=NCCNC(=O)c1ccc(O)cc1)N(C)Cc1ccccc1Br.I. The van der Waals surface area contributed by atoms with E-state index >= 15 is 0 Å². The normalized spacial score (nSPS) is 10.8. The molecule has 6 nitrogen and oxygen atoms in total. The van der Waals surface area contributed by atoms with Gasteiger partial charge in [0.2, 0.25) is 0 Å². The molecule has 0 aliphatic heterocycles. The molecule has 0 aliphatic carbocycles. The lowest BCUT2D eigenvalue weighted by atomic mass is 10.2. The minimum absolute atomic E-state index is 0. The van der Waals surface area contributed by atoms with Gasteiger partial charge >= 0.3 is 0 Å². The van der Waals surface area contributed by atoms with Crippen molar-refractivity contribution in [3.63, 3.8) is 0 Å². The van der Waals surface area contributed by atoms with Gasteiger partial charge in [-0.25, -0.2) is 0 Å². The van der Waals surface area contributed by atoms with Crippen LogP contribution in [0.4, 0.5) is 0 Å². The van der Waals surface area contributed by atoms with Crippen molar-refractivity contribution in [3.8, 4) is 5.75 Å². The van der Waals surface area contributed by atoms with E-state index in [1.54, 1.807) is 12.1 Å². The van der Waals surface area contributed by atoms with Gasteiger partial charge in [-0.1, -0.05) is 34.1 Å². The molecule has 0 saturated heterocycles. The Kier molecular flexibility index (Phi) is 10.9. The van der Waals surface area contributed by atoms with Gasteiger partial charge in [0.15, 0.2) is 5.96 Å². The first-order chi connectivity index (χ1) is 13.0. The number of carbonyl (C=O) groups is 1. The standard InChI is InChI=1S/C20H25BrN4O2.HI/c1-3-22-20(25(2)14-16-6-4-5-7-18(16)21)24-13-12-23-19(27)15-8-10-17(26)11-9-15;/h4-11,26H,3,12-14H2,1-2H3,(H,22,24)(H,23,27);1H. The summed E-state index contributed by atoms with van der Waals surface area (Å²) in [5.41, 5.74) is 1.68. The van der Waals surface area contributed by atoms with Crippen LogP contribution >= 0.6 is 39.9 Å². The maximum Gasteiger partial charge on any atom is 0.251 e. The zero-order valence-corrected chi connectivity index (χ0v) is 19.9. The molecule has 2 aromatic rings. The van der Waals surface area contributed by atoms with Crippen molar-refractivity contribution in [2.45, 2.75) is 13.5 Å². The molecule has 0 aliphatic rings. The number of hydrogen-bond acceptors (Lipinski definition) is 3. The predicted octanol–water partition coefficient (Wildman–Crippen LogP) is 3.60. The summed E-state index contributed by atoms with van der Waals surface area (Å²) in [6.07, 6.45) is 0. The van der Waals surface area contributed by atoms with Gasteiger partial charge in [-0.15, -0.1) is 24.0 Å². The van der Waals surface area contributed by atoms with Crippen molar-refractivity contribution >= 4 is 51.8 Å². The molecule has 152 valence electrons. The maximum absolute atomic E-state index is 12.1. The molecule has 0 radical (unpaired) electrons. The molecule has 0 fully saturated rings. The van der Waals surface area contributed by atoms with E-state index in [0.717, 1.165) is 17.0 Å². The van der Waals surface area contributed by atoms with Crippen molar-refractivity contribution < 1.29 is 9.90 Å². The van der Waals surface area contributed by atoms with Gasteiger partial charge in [-0.3, -0.25) is 9.79 Å². The first-order valence-electron chi connectivity index (χ1n) is 8.81. The topological polar surface area (TPSA) is 77.0 Å². The van der Waals surface area contributed by atoms with E-state index in [9.17, 15) is 9.90 Å². The fourth-order valence-electron chi connectivity index (χ4n) is 2.47. The van der Waals surface area contributed by atoms with Crippen molar-refractivity contribution in [1.82, 2.24) is 15.5 Å². The molecule has 28 heavy (non-hydrogen) atoms. The van der Waals surface area contributed by atoms with Gasteiger partial charge in [-0.05, 0) is 42.8 Å². The van der Waals surface area contributed by atoms with Gasteiger partial charge in [0.1, 0.15) is 5.75 Å². The van der Waals surface area contributed by atoms with E-state index in [1.165, 1.54) is 17.7 Å². The van der Waals surface area contributed by atoms with E-state index in [4.69, 9.17) is 0 Å². The van der Waals surface area contributed by atoms with E-state index in [0.29, 0.717) is 25.2 Å². The molecule has 8 heteroatoms. The van der Waals surface area contributed by atoms with Crippen LogP contribution in [0.2, 0.25) is 0 Å². The van der Waals surface area contributed by atoms with E-state index in [1.807, 2.05) is 37.1 Å². The number of halogens is 2. The Morgan fingerprint density at radius 2 is 1.82 bits per heavy atom. The zero-order valence-electron chi connectivity index (χ0n) is 16.0. The summed E-state index contributed by atoms with van der Waals surface area (Å²) in [7, 11) is 1.98. The third kappa shape index (κ3) is 7.67. The van der Waals surface area contributed by atoms with Crippen LogP contribution in [0.15, 0.2) is 58.0 Å². The van der Waals surface area contributed by atoms with Crippen molar-refractivity contribution in [3.05, 3.63) is 64.1 Å². The fourth-order valence-corrected chi connectivity index (χ4v) is 2.88. The highest BCUT2D eigenvalue weighted by Gasteiger charge is 2.09. The summed E-state index contributed by atoms with van der Waals surface area (Å²) >= 11 is 3.57. The number of nitrogens with zero attached hydrogens (tertiary/aromatic N) is 2. The van der Waals surface area contributed by atoms with Crippen LogP contribution in [0.25, 0.3) is 0 Å². The molecule has 1 amide bonds. The van der Waals surface area contributed by atoms with Crippen LogP contribution in [-0.4, -0.2) is 48.6 Å². The first kappa shape index (κ1) is 24.2. The monoisotopic (exact) mass is 560 g/mol. The number of amides is 1. The second kappa shape index (κ2) is 12.6. The molecule has 2 rings (SSSR count). The van der Waals surface area contributed by atoms with Gasteiger partial charge in [0.25, 0.3) is 5.91 Å². The summed E-state index contributed by atoms with van der Waals surface area (Å²) < 4.78 is 1.06. The second-order valence-electron chi connectivity index (χ2n) is 5.99. The molecule has 0 saturated carbocycles. The first-order valence-corrected chi connectivity index (χ1v) is 9.60. The van der Waals surface area contributed by atoms with Crippen LogP contribution in [0.1, 0.15) is 22.8 Å². The Morgan fingerprint density at radius 3 is 2.46 bits per heavy atom. The molecule has 0 unspecified atom stereocenters. The number of aromatic hydroxyl groups is 1. The van der Waals surface area contributed by atoms with Crippen LogP contribution in [0.5, 0.6) is 5.75 Å². The smallest absolute Gasteiger partial charge is 0.251 e. The molecular weight excluding hydrogens is 535 g/mol. The van der Waals surface area contributed by atoms with Gasteiger partial charge in [0, 0.05) is 36.7 Å². The number of benzene rings is 2. The second-order valence-corrected chi connectivity index (χ2v) is 6.84. The number of guanidine groups is 1. The largest absolute Gasteiger partial charge is 0.508 e. The lowest BCUT2D eigenvalue weighted by Crippen LogP contribution is -2.39. The number of hydrogen-bond donors (Lipinski definition) is 3. The number of phenolic OH excluding ortho intramolecular Hbond substituents is 1. The predicted molar refractivity (Wildman–Crippen MR) is 127 cm³/mol. The fraction of sp³-hybridized carbons (Fsp3) is 0.300. The highest BCUT2D eigenvalue weighted by Crippen LogP contribution is 2.17. The van der Waals surface area contributed by atoms with E-state index in [-0.39, 0.29) is 35.6 Å². The van der Waals surface area contributed by atoms with Crippen LogP contribution in [-0.2, 0) is 6.54 Å². The Balaban J connectivity index is 0.00000392. The summed E-state index contributed by atoms with van der Waals surface area (Å²) in [4.78, 5) is 18.7. The summed E-state index contributed by atoms with van der Waals surface area (Å²) in [5.74, 6) is 0.739. The number of rotatable bonds is 7. The highest BCUT2D eigenvalue weighted by molar-refractivity contribution is 14.0. The third-order valence-corrected chi connectivity index (χ3v) is 4.62. The average Bonchev–Trinajstić information content (AvgIpc) is 2.66.